The van der Waals surface area contributed by atoms with Crippen molar-refractivity contribution in [2.24, 2.45) is 0 Å². The molecule has 1 aromatic heterocycles. The van der Waals surface area contributed by atoms with E-state index in [0.717, 1.165) is 31.4 Å². The van der Waals surface area contributed by atoms with Crippen LogP contribution in [-0.4, -0.2) is 21.4 Å². The molecule has 0 unspecified atom stereocenters. The first-order valence-electron chi connectivity index (χ1n) is 6.22. The van der Waals surface area contributed by atoms with Crippen molar-refractivity contribution in [1.29, 1.82) is 0 Å². The Morgan fingerprint density at radius 1 is 1.41 bits per heavy atom. The Morgan fingerprint density at radius 3 is 2.76 bits per heavy atom. The van der Waals surface area contributed by atoms with Gasteiger partial charge < -0.3 is 4.57 Å². The van der Waals surface area contributed by atoms with Gasteiger partial charge in [-0.2, -0.15) is 11.8 Å². The Kier molecular flexibility index (Phi) is 3.39. The summed E-state index contributed by atoms with van der Waals surface area (Å²) in [6.07, 6.45) is 4.94. The molecule has 17 heavy (non-hydrogen) atoms. The summed E-state index contributed by atoms with van der Waals surface area (Å²) in [5, 5.41) is 0. The quantitative estimate of drug-likeness (QED) is 0.820. The fourth-order valence-electron chi connectivity index (χ4n) is 2.46. The van der Waals surface area contributed by atoms with Crippen LogP contribution in [-0.2, 0) is 13.0 Å². The molecular weight excluding hydrogens is 230 g/mol. The van der Waals surface area contributed by atoms with Gasteiger partial charge in [-0.3, -0.25) is 4.79 Å². The van der Waals surface area contributed by atoms with Crippen molar-refractivity contribution in [1.82, 2.24) is 4.57 Å². The number of hydrogen-bond acceptors (Lipinski definition) is 2. The van der Waals surface area contributed by atoms with Crippen molar-refractivity contribution >= 4 is 17.5 Å². The topological polar surface area (TPSA) is 22.0 Å². The largest absolute Gasteiger partial charge is 0.347 e. The predicted molar refractivity (Wildman–Crippen MR) is 74.0 cm³/mol. The molecule has 0 radical (unpaired) electrons. The van der Waals surface area contributed by atoms with E-state index < -0.39 is 0 Å². The molecule has 94 valence electrons. The summed E-state index contributed by atoms with van der Waals surface area (Å²) in [7, 11) is 0. The molecule has 1 aliphatic rings. The van der Waals surface area contributed by atoms with Crippen LogP contribution in [0.4, 0.5) is 0 Å². The molecule has 0 spiro atoms. The number of thioether (sulfide) groups is 1. The number of hydrogen-bond donors (Lipinski definition) is 0. The Labute approximate surface area is 108 Å². The van der Waals surface area contributed by atoms with E-state index in [2.05, 4.69) is 37.7 Å². The molecule has 0 N–H and O–H groups in total. The first-order chi connectivity index (χ1) is 7.94. The third-order valence-corrected chi connectivity index (χ3v) is 4.86. The molecule has 0 fully saturated rings. The van der Waals surface area contributed by atoms with Crippen LogP contribution >= 0.6 is 11.8 Å². The van der Waals surface area contributed by atoms with Crippen LogP contribution in [0.5, 0.6) is 0 Å². The smallest absolute Gasteiger partial charge is 0.164 e. The lowest BCUT2D eigenvalue weighted by atomic mass is 9.96. The molecule has 2 rings (SSSR count). The molecule has 0 aromatic carbocycles. The van der Waals surface area contributed by atoms with Crippen LogP contribution < -0.4 is 0 Å². The highest BCUT2D eigenvalue weighted by atomic mass is 32.2. The molecule has 1 aliphatic carbocycles. The van der Waals surface area contributed by atoms with Gasteiger partial charge in [0.2, 0.25) is 0 Å². The second kappa shape index (κ2) is 4.52. The molecule has 1 aromatic rings. The zero-order valence-corrected chi connectivity index (χ0v) is 12.0. The number of nitrogens with zero attached hydrogens (tertiary/aromatic N) is 1. The first kappa shape index (κ1) is 12.7. The average molecular weight is 251 g/mol. The number of fused-ring (bicyclic) bond motifs is 1. The standard InChI is InChI=1S/C14H21NOS/c1-10-8-11-12(6-5-7-13(11)16)15(10)9-14(2,3)17-4/h8H,5-7,9H2,1-4H3. The van der Waals surface area contributed by atoms with Gasteiger partial charge in [0.1, 0.15) is 0 Å². The number of carbonyl (C=O) groups excluding carboxylic acids is 1. The first-order valence-corrected chi connectivity index (χ1v) is 7.44. The highest BCUT2D eigenvalue weighted by Gasteiger charge is 2.25. The fraction of sp³-hybridized carbons (Fsp3) is 0.643. The van der Waals surface area contributed by atoms with Crippen molar-refractivity contribution in [2.45, 2.75) is 51.3 Å². The summed E-state index contributed by atoms with van der Waals surface area (Å²) >= 11 is 1.88. The SMILES string of the molecule is CSC(C)(C)Cn1c(C)cc2c1CCCC2=O. The maximum atomic E-state index is 11.9. The zero-order chi connectivity index (χ0) is 12.6. The molecule has 0 amide bonds. The van der Waals surface area contributed by atoms with Gasteiger partial charge in [-0.25, -0.2) is 0 Å². The lowest BCUT2D eigenvalue weighted by molar-refractivity contribution is 0.0971. The highest BCUT2D eigenvalue weighted by molar-refractivity contribution is 7.99. The van der Waals surface area contributed by atoms with Gasteiger partial charge >= 0.3 is 0 Å². The van der Waals surface area contributed by atoms with E-state index >= 15 is 0 Å². The number of Topliss-reactive ketones (excluding diaryl/α,β-unsaturated/α-hetero) is 1. The number of aryl methyl sites for hydroxylation is 1. The van der Waals surface area contributed by atoms with Crippen molar-refractivity contribution < 1.29 is 4.79 Å². The van der Waals surface area contributed by atoms with Crippen LogP contribution in [0.15, 0.2) is 6.07 Å². The molecular formula is C14H21NOS. The summed E-state index contributed by atoms with van der Waals surface area (Å²) in [5.74, 6) is 0.329. The molecule has 0 saturated heterocycles. The molecule has 0 aliphatic heterocycles. The summed E-state index contributed by atoms with van der Waals surface area (Å²) < 4.78 is 2.57. The van der Waals surface area contributed by atoms with Gasteiger partial charge in [-0.1, -0.05) is 0 Å². The Bertz CT molecular complexity index is 445. The summed E-state index contributed by atoms with van der Waals surface area (Å²) in [6, 6.07) is 2.08. The monoisotopic (exact) mass is 251 g/mol. The van der Waals surface area contributed by atoms with Crippen molar-refractivity contribution in [2.75, 3.05) is 6.26 Å². The molecule has 3 heteroatoms. The minimum absolute atomic E-state index is 0.220. The highest BCUT2D eigenvalue weighted by Crippen LogP contribution is 2.30. The fourth-order valence-corrected chi connectivity index (χ4v) is 2.71. The molecule has 1 heterocycles. The number of rotatable bonds is 3. The lowest BCUT2D eigenvalue weighted by Gasteiger charge is -2.26. The number of carbonyl (C=O) groups is 1. The second-order valence-corrected chi connectivity index (χ2v) is 6.99. The van der Waals surface area contributed by atoms with Crippen LogP contribution in [0, 0.1) is 6.92 Å². The van der Waals surface area contributed by atoms with E-state index in [1.807, 2.05) is 11.8 Å². The van der Waals surface area contributed by atoms with Gasteiger partial charge in [0.15, 0.2) is 5.78 Å². The van der Waals surface area contributed by atoms with Crippen molar-refractivity contribution in [3.05, 3.63) is 23.0 Å². The van der Waals surface area contributed by atoms with E-state index in [4.69, 9.17) is 0 Å². The Hall–Kier alpha value is -0.700. The lowest BCUT2D eigenvalue weighted by Crippen LogP contribution is -2.25. The summed E-state index contributed by atoms with van der Waals surface area (Å²) in [5.41, 5.74) is 3.47. The maximum absolute atomic E-state index is 11.9. The van der Waals surface area contributed by atoms with E-state index in [0.29, 0.717) is 5.78 Å². The van der Waals surface area contributed by atoms with Gasteiger partial charge in [-0.05, 0) is 45.9 Å². The molecule has 2 nitrogen and oxygen atoms in total. The van der Waals surface area contributed by atoms with Crippen LogP contribution in [0.3, 0.4) is 0 Å². The Balaban J connectivity index is 2.38. The van der Waals surface area contributed by atoms with Crippen molar-refractivity contribution in [3.8, 4) is 0 Å². The van der Waals surface area contributed by atoms with Crippen LogP contribution in [0.1, 0.15) is 48.4 Å². The molecule has 0 bridgehead atoms. The van der Waals surface area contributed by atoms with Gasteiger partial charge in [-0.15, -0.1) is 0 Å². The van der Waals surface area contributed by atoms with Gasteiger partial charge in [0, 0.05) is 34.7 Å². The van der Waals surface area contributed by atoms with E-state index in [1.165, 1.54) is 11.4 Å². The number of ketones is 1. The third kappa shape index (κ3) is 2.44. The minimum atomic E-state index is 0.220. The van der Waals surface area contributed by atoms with Gasteiger partial charge in [0.25, 0.3) is 0 Å². The second-order valence-electron chi connectivity index (χ2n) is 5.47. The zero-order valence-electron chi connectivity index (χ0n) is 11.2. The predicted octanol–water partition coefficient (Wildman–Crippen LogP) is 3.46. The average Bonchev–Trinajstić information content (AvgIpc) is 2.58. The molecule has 0 atom stereocenters. The maximum Gasteiger partial charge on any atom is 0.164 e. The van der Waals surface area contributed by atoms with Gasteiger partial charge in [0.05, 0.1) is 0 Å². The van der Waals surface area contributed by atoms with Crippen molar-refractivity contribution in [3.63, 3.8) is 0 Å². The number of aromatic nitrogens is 1. The third-order valence-electron chi connectivity index (χ3n) is 3.63. The summed E-state index contributed by atoms with van der Waals surface area (Å²) in [4.78, 5) is 11.9. The van der Waals surface area contributed by atoms with E-state index in [-0.39, 0.29) is 4.75 Å². The van der Waals surface area contributed by atoms with Crippen LogP contribution in [0.25, 0.3) is 0 Å². The van der Waals surface area contributed by atoms with E-state index in [1.54, 1.807) is 0 Å². The minimum Gasteiger partial charge on any atom is -0.347 e. The molecule has 0 saturated carbocycles. The Morgan fingerprint density at radius 2 is 2.12 bits per heavy atom. The van der Waals surface area contributed by atoms with Crippen LogP contribution in [0.2, 0.25) is 0 Å². The van der Waals surface area contributed by atoms with E-state index in [9.17, 15) is 4.79 Å². The normalized spacial score (nSPS) is 16.1. The summed E-state index contributed by atoms with van der Waals surface area (Å²) in [6.45, 7) is 7.62.